The van der Waals surface area contributed by atoms with Gasteiger partial charge in [-0.1, -0.05) is 0 Å². The van der Waals surface area contributed by atoms with E-state index in [-0.39, 0.29) is 11.1 Å². The molecule has 1 aliphatic rings. The van der Waals surface area contributed by atoms with Gasteiger partial charge in [0.1, 0.15) is 6.07 Å². The second kappa shape index (κ2) is 11.0. The average Bonchev–Trinajstić information content (AvgIpc) is 3.36. The van der Waals surface area contributed by atoms with Gasteiger partial charge in [0.15, 0.2) is 23.3 Å². The summed E-state index contributed by atoms with van der Waals surface area (Å²) in [6.45, 7) is 0. The summed E-state index contributed by atoms with van der Waals surface area (Å²) in [5.74, 6) is -12.2. The third-order valence-corrected chi connectivity index (χ3v) is 7.56. The molecule has 5 aromatic rings. The summed E-state index contributed by atoms with van der Waals surface area (Å²) in [6.07, 6.45) is -5.57. The van der Waals surface area contributed by atoms with E-state index in [0.29, 0.717) is 12.1 Å². The first kappa shape index (κ1) is 31.4. The number of pyridine rings is 2. The standard InChI is InChI=1S/C33H12F11N3/c34-27-26(28(35)30(37)31(38)29(27)36)22(13-45)25-20-9-16(14-1-5-46-6-2-14)23(32(39,40)41)11-18(20)19-12-24(33(42,43)44)17(10-21(19)25)15-3-7-47-8-4-15/h1-12H. The fraction of sp³-hybridized carbons (Fsp3) is 0.0606. The zero-order valence-corrected chi connectivity index (χ0v) is 22.9. The molecule has 3 nitrogen and oxygen atoms in total. The Bertz CT molecular complexity index is 2030. The maximum Gasteiger partial charge on any atom is 0.417 e. The molecule has 1 aliphatic carbocycles. The first-order valence-corrected chi connectivity index (χ1v) is 13.1. The van der Waals surface area contributed by atoms with Crippen LogP contribution >= 0.6 is 0 Å². The van der Waals surface area contributed by atoms with Crippen molar-refractivity contribution < 1.29 is 48.3 Å². The maximum atomic E-state index is 15.2. The molecule has 0 spiro atoms. The van der Waals surface area contributed by atoms with Crippen LogP contribution < -0.4 is 0 Å². The van der Waals surface area contributed by atoms with Crippen LogP contribution in [-0.4, -0.2) is 9.97 Å². The monoisotopic (exact) mass is 659 g/mol. The van der Waals surface area contributed by atoms with Crippen molar-refractivity contribution in [2.45, 2.75) is 12.4 Å². The molecule has 0 saturated carbocycles. The molecule has 0 aliphatic heterocycles. The lowest BCUT2D eigenvalue weighted by Crippen LogP contribution is -2.09. The average molecular weight is 659 g/mol. The number of nitriles is 1. The van der Waals surface area contributed by atoms with Crippen molar-refractivity contribution in [3.05, 3.63) is 130 Å². The second-order valence-corrected chi connectivity index (χ2v) is 10.2. The number of nitrogens with zero attached hydrogens (tertiary/aromatic N) is 3. The minimum Gasteiger partial charge on any atom is -0.265 e. The summed E-state index contributed by atoms with van der Waals surface area (Å²) in [4.78, 5) is 7.50. The number of halogens is 11. The zero-order valence-electron chi connectivity index (χ0n) is 22.9. The van der Waals surface area contributed by atoms with E-state index in [9.17, 15) is 44.8 Å². The number of fused-ring (bicyclic) bond motifs is 3. The van der Waals surface area contributed by atoms with Crippen molar-refractivity contribution in [1.82, 2.24) is 9.97 Å². The van der Waals surface area contributed by atoms with Crippen molar-refractivity contribution in [2.24, 2.45) is 0 Å². The summed E-state index contributed by atoms with van der Waals surface area (Å²) >= 11 is 0. The summed E-state index contributed by atoms with van der Waals surface area (Å²) in [6, 6.07) is 8.81. The molecule has 0 bridgehead atoms. The second-order valence-electron chi connectivity index (χ2n) is 10.2. The molecular weight excluding hydrogens is 647 g/mol. The highest BCUT2D eigenvalue weighted by Crippen LogP contribution is 2.54. The fourth-order valence-corrected chi connectivity index (χ4v) is 5.54. The van der Waals surface area contributed by atoms with E-state index in [4.69, 9.17) is 0 Å². The van der Waals surface area contributed by atoms with E-state index in [1.54, 1.807) is 0 Å². The van der Waals surface area contributed by atoms with Crippen LogP contribution in [0.25, 0.3) is 44.5 Å². The van der Waals surface area contributed by atoms with Crippen molar-refractivity contribution in [1.29, 1.82) is 5.26 Å². The van der Waals surface area contributed by atoms with Crippen LogP contribution in [0.1, 0.15) is 27.8 Å². The third kappa shape index (κ3) is 5.08. The summed E-state index contributed by atoms with van der Waals surface area (Å²) in [5, 5.41) is 10.2. The maximum absolute atomic E-state index is 15.2. The highest BCUT2D eigenvalue weighted by Gasteiger charge is 2.41. The normalized spacial score (nSPS) is 12.5. The largest absolute Gasteiger partial charge is 0.417 e. The Labute approximate surface area is 256 Å². The topological polar surface area (TPSA) is 49.6 Å². The van der Waals surface area contributed by atoms with Crippen molar-refractivity contribution >= 4 is 11.1 Å². The third-order valence-electron chi connectivity index (χ3n) is 7.56. The molecule has 14 heteroatoms. The summed E-state index contributed by atoms with van der Waals surface area (Å²) in [5.41, 5.74) is -9.49. The zero-order chi connectivity index (χ0) is 34.0. The minimum atomic E-state index is -5.09. The molecule has 0 amide bonds. The van der Waals surface area contributed by atoms with Gasteiger partial charge >= 0.3 is 12.4 Å². The van der Waals surface area contributed by atoms with Crippen LogP contribution in [-0.2, 0) is 12.4 Å². The van der Waals surface area contributed by atoms with Gasteiger partial charge in [-0.15, -0.1) is 0 Å². The van der Waals surface area contributed by atoms with Gasteiger partial charge in [0.05, 0.1) is 22.3 Å². The molecule has 0 unspecified atom stereocenters. The van der Waals surface area contributed by atoms with Crippen LogP contribution in [0.3, 0.4) is 0 Å². The molecule has 0 saturated heterocycles. The van der Waals surface area contributed by atoms with Crippen LogP contribution in [0.5, 0.6) is 0 Å². The van der Waals surface area contributed by atoms with E-state index in [1.165, 1.54) is 30.3 Å². The van der Waals surface area contributed by atoms with Crippen LogP contribution in [0.15, 0.2) is 73.3 Å². The van der Waals surface area contributed by atoms with Crippen molar-refractivity contribution in [3.8, 4) is 39.4 Å². The van der Waals surface area contributed by atoms with Crippen LogP contribution in [0.4, 0.5) is 48.3 Å². The lowest BCUT2D eigenvalue weighted by molar-refractivity contribution is -0.138. The molecule has 0 N–H and O–H groups in total. The van der Waals surface area contributed by atoms with Gasteiger partial charge in [-0.25, -0.2) is 22.0 Å². The fourth-order valence-electron chi connectivity index (χ4n) is 5.54. The van der Waals surface area contributed by atoms with E-state index >= 15 is 8.78 Å². The molecule has 0 radical (unpaired) electrons. The Balaban J connectivity index is 1.83. The Hall–Kier alpha value is -5.58. The van der Waals surface area contributed by atoms with Crippen molar-refractivity contribution in [2.75, 3.05) is 0 Å². The Morgan fingerprint density at radius 3 is 1.21 bits per heavy atom. The van der Waals surface area contributed by atoms with Crippen LogP contribution in [0, 0.1) is 40.4 Å². The molecular formula is C33H12F11N3. The van der Waals surface area contributed by atoms with Gasteiger partial charge < -0.3 is 0 Å². The van der Waals surface area contributed by atoms with E-state index in [0.717, 1.165) is 36.9 Å². The summed E-state index contributed by atoms with van der Waals surface area (Å²) < 4.78 is 160. The first-order chi connectivity index (χ1) is 22.1. The highest BCUT2D eigenvalue weighted by atomic mass is 19.4. The quantitative estimate of drug-likeness (QED) is 0.0823. The number of allylic oxidation sites excluding steroid dienone is 1. The molecule has 0 atom stereocenters. The molecule has 6 rings (SSSR count). The minimum absolute atomic E-state index is 0.0892. The molecule has 2 aromatic heterocycles. The lowest BCUT2D eigenvalue weighted by Gasteiger charge is -2.17. The van der Waals surface area contributed by atoms with Crippen molar-refractivity contribution in [3.63, 3.8) is 0 Å². The molecule has 3 aromatic carbocycles. The SMILES string of the molecule is N#CC(=C1c2cc(-c3ccncc3)c(C(F)(F)F)cc2-c2cc(C(F)(F)F)c(-c3ccncc3)cc21)c1c(F)c(F)c(F)c(F)c1F. The van der Waals surface area contributed by atoms with Gasteiger partial charge in [0, 0.05) is 30.4 Å². The smallest absolute Gasteiger partial charge is 0.265 e. The van der Waals surface area contributed by atoms with Gasteiger partial charge in [0.2, 0.25) is 5.82 Å². The van der Waals surface area contributed by atoms with Gasteiger partial charge in [0.25, 0.3) is 0 Å². The predicted molar refractivity (Wildman–Crippen MR) is 146 cm³/mol. The Morgan fingerprint density at radius 1 is 0.511 bits per heavy atom. The lowest BCUT2D eigenvalue weighted by atomic mass is 9.89. The number of hydrogen-bond acceptors (Lipinski definition) is 3. The first-order valence-electron chi connectivity index (χ1n) is 13.1. The molecule has 0 fully saturated rings. The Morgan fingerprint density at radius 2 is 0.872 bits per heavy atom. The number of rotatable bonds is 3. The van der Waals surface area contributed by atoms with E-state index in [2.05, 4.69) is 9.97 Å². The van der Waals surface area contributed by atoms with E-state index < -0.39 is 103 Å². The summed E-state index contributed by atoms with van der Waals surface area (Å²) in [7, 11) is 0. The van der Waals surface area contributed by atoms with Gasteiger partial charge in [-0.3, -0.25) is 9.97 Å². The number of hydrogen-bond donors (Lipinski definition) is 0. The highest BCUT2D eigenvalue weighted by molar-refractivity contribution is 6.14. The number of aromatic nitrogens is 2. The number of benzene rings is 3. The van der Waals surface area contributed by atoms with Crippen LogP contribution in [0.2, 0.25) is 0 Å². The van der Waals surface area contributed by atoms with E-state index in [1.807, 2.05) is 0 Å². The number of alkyl halides is 6. The molecule has 236 valence electrons. The molecule has 47 heavy (non-hydrogen) atoms. The molecule has 2 heterocycles. The Kier molecular flexibility index (Phi) is 7.38. The van der Waals surface area contributed by atoms with Gasteiger partial charge in [-0.05, 0) is 93.0 Å². The predicted octanol–water partition coefficient (Wildman–Crippen LogP) is 10.0. The van der Waals surface area contributed by atoms with Gasteiger partial charge in [-0.2, -0.15) is 31.6 Å².